The summed E-state index contributed by atoms with van der Waals surface area (Å²) in [5, 5.41) is 15.0. The topological polar surface area (TPSA) is 64.4 Å². The summed E-state index contributed by atoms with van der Waals surface area (Å²) >= 11 is 3.99. The second kappa shape index (κ2) is 7.75. The van der Waals surface area contributed by atoms with E-state index < -0.39 is 4.92 Å². The quantitative estimate of drug-likeness (QED) is 0.643. The second-order valence-electron chi connectivity index (χ2n) is 4.46. The monoisotopic (exact) mass is 314 g/mol. The molecule has 0 amide bonds. The number of nitrogens with zero attached hydrogens (tertiary/aromatic N) is 1. The van der Waals surface area contributed by atoms with E-state index in [1.807, 2.05) is 29.6 Å². The van der Waals surface area contributed by atoms with Gasteiger partial charge in [-0.3, -0.25) is 10.1 Å². The van der Waals surface area contributed by atoms with E-state index in [0.717, 1.165) is 12.1 Å². The number of nitro benzene ring substituents is 1. The van der Waals surface area contributed by atoms with Crippen LogP contribution in [-0.2, 0) is 6.54 Å². The fourth-order valence-electron chi connectivity index (χ4n) is 2.02. The van der Waals surface area contributed by atoms with Gasteiger partial charge in [-0.25, -0.2) is 0 Å². The Kier molecular flexibility index (Phi) is 6.00. The van der Waals surface area contributed by atoms with Crippen LogP contribution in [0.5, 0.6) is 5.75 Å². The smallest absolute Gasteiger partial charge is 0.311 e. The van der Waals surface area contributed by atoms with Crippen molar-refractivity contribution in [1.82, 2.24) is 5.32 Å². The fourth-order valence-corrected chi connectivity index (χ4v) is 4.67. The molecular formula is C13H18N2O3S2. The van der Waals surface area contributed by atoms with Crippen molar-refractivity contribution in [3.8, 4) is 5.75 Å². The minimum atomic E-state index is -0.407. The highest BCUT2D eigenvalue weighted by atomic mass is 32.2. The standard InChI is InChI=1S/C13H18N2O3S2/c1-18-13-3-2-10(6-12(13)15(16)17)7-14-8-11-9-19-4-5-20-11/h2-3,6,11,14H,4-5,7-9H2,1H3. The number of nitrogens with one attached hydrogen (secondary N) is 1. The fraction of sp³-hybridized carbons (Fsp3) is 0.538. The summed E-state index contributed by atoms with van der Waals surface area (Å²) in [5.74, 6) is 3.94. The molecule has 0 aromatic heterocycles. The minimum Gasteiger partial charge on any atom is -0.490 e. The Hall–Kier alpha value is -0.920. The molecule has 0 radical (unpaired) electrons. The summed E-state index contributed by atoms with van der Waals surface area (Å²) in [5.41, 5.74) is 0.931. The van der Waals surface area contributed by atoms with Gasteiger partial charge in [-0.1, -0.05) is 6.07 Å². The number of thioether (sulfide) groups is 2. The highest BCUT2D eigenvalue weighted by Crippen LogP contribution is 2.27. The molecule has 1 aliphatic heterocycles. The lowest BCUT2D eigenvalue weighted by Crippen LogP contribution is -2.28. The maximum absolute atomic E-state index is 11.0. The highest BCUT2D eigenvalue weighted by Gasteiger charge is 2.16. The zero-order valence-corrected chi connectivity index (χ0v) is 13.0. The molecule has 0 spiro atoms. The molecule has 20 heavy (non-hydrogen) atoms. The molecule has 1 fully saturated rings. The lowest BCUT2D eigenvalue weighted by molar-refractivity contribution is -0.385. The van der Waals surface area contributed by atoms with Crippen molar-refractivity contribution in [2.24, 2.45) is 0 Å². The number of hydrogen-bond donors (Lipinski definition) is 1. The maximum Gasteiger partial charge on any atom is 0.311 e. The van der Waals surface area contributed by atoms with Gasteiger partial charge in [0.25, 0.3) is 0 Å². The molecule has 1 aromatic rings. The first-order chi connectivity index (χ1) is 9.70. The Bertz CT molecular complexity index is 465. The van der Waals surface area contributed by atoms with Crippen LogP contribution in [0.2, 0.25) is 0 Å². The molecule has 1 unspecified atom stereocenters. The number of ether oxygens (including phenoxy) is 1. The molecule has 1 aliphatic rings. The van der Waals surface area contributed by atoms with Crippen molar-refractivity contribution in [3.05, 3.63) is 33.9 Å². The summed E-state index contributed by atoms with van der Waals surface area (Å²) in [4.78, 5) is 10.5. The van der Waals surface area contributed by atoms with E-state index in [2.05, 4.69) is 5.32 Å². The summed E-state index contributed by atoms with van der Waals surface area (Å²) in [6, 6.07) is 5.09. The SMILES string of the molecule is COc1ccc(CNCC2CSCCS2)cc1[N+](=O)[O-]. The largest absolute Gasteiger partial charge is 0.490 e. The molecule has 0 bridgehead atoms. The van der Waals surface area contributed by atoms with Gasteiger partial charge in [0.15, 0.2) is 5.75 Å². The number of rotatable bonds is 6. The lowest BCUT2D eigenvalue weighted by Gasteiger charge is -2.21. The Labute approximate surface area is 127 Å². The van der Waals surface area contributed by atoms with Crippen molar-refractivity contribution in [3.63, 3.8) is 0 Å². The van der Waals surface area contributed by atoms with Crippen molar-refractivity contribution in [1.29, 1.82) is 0 Å². The molecule has 110 valence electrons. The Morgan fingerprint density at radius 1 is 1.50 bits per heavy atom. The predicted octanol–water partition coefficient (Wildman–Crippen LogP) is 2.54. The van der Waals surface area contributed by atoms with Crippen molar-refractivity contribution in [2.45, 2.75) is 11.8 Å². The van der Waals surface area contributed by atoms with Gasteiger partial charge in [0.1, 0.15) is 0 Å². The van der Waals surface area contributed by atoms with Crippen LogP contribution in [0.3, 0.4) is 0 Å². The van der Waals surface area contributed by atoms with Gasteiger partial charge < -0.3 is 10.1 Å². The molecule has 0 aliphatic carbocycles. The van der Waals surface area contributed by atoms with E-state index in [0.29, 0.717) is 17.5 Å². The van der Waals surface area contributed by atoms with E-state index in [-0.39, 0.29) is 5.69 Å². The summed E-state index contributed by atoms with van der Waals surface area (Å²) in [7, 11) is 1.44. The number of methoxy groups -OCH3 is 1. The molecule has 7 heteroatoms. The average Bonchev–Trinajstić information content (AvgIpc) is 2.48. The Morgan fingerprint density at radius 2 is 2.35 bits per heavy atom. The molecule has 1 saturated heterocycles. The van der Waals surface area contributed by atoms with Gasteiger partial charge in [-0.2, -0.15) is 23.5 Å². The van der Waals surface area contributed by atoms with E-state index >= 15 is 0 Å². The molecule has 0 saturated carbocycles. The summed E-state index contributed by atoms with van der Waals surface area (Å²) in [6.45, 7) is 1.59. The number of hydrogen-bond acceptors (Lipinski definition) is 6. The zero-order valence-electron chi connectivity index (χ0n) is 11.3. The van der Waals surface area contributed by atoms with Crippen LogP contribution in [0.25, 0.3) is 0 Å². The van der Waals surface area contributed by atoms with Gasteiger partial charge in [0, 0.05) is 41.7 Å². The second-order valence-corrected chi connectivity index (χ2v) is 7.02. The number of benzene rings is 1. The third-order valence-electron chi connectivity index (χ3n) is 3.03. The highest BCUT2D eigenvalue weighted by molar-refractivity contribution is 8.06. The van der Waals surface area contributed by atoms with Gasteiger partial charge >= 0.3 is 5.69 Å². The summed E-state index contributed by atoms with van der Waals surface area (Å²) < 4.78 is 4.99. The van der Waals surface area contributed by atoms with E-state index in [4.69, 9.17) is 4.74 Å². The van der Waals surface area contributed by atoms with E-state index in [1.165, 1.54) is 24.4 Å². The predicted molar refractivity (Wildman–Crippen MR) is 84.9 cm³/mol. The van der Waals surface area contributed by atoms with Gasteiger partial charge in [0.2, 0.25) is 0 Å². The number of nitro groups is 1. The molecule has 1 N–H and O–H groups in total. The Balaban J connectivity index is 1.89. The third kappa shape index (κ3) is 4.29. The maximum atomic E-state index is 11.0. The molecule has 2 rings (SSSR count). The van der Waals surface area contributed by atoms with Crippen LogP contribution in [0.15, 0.2) is 18.2 Å². The van der Waals surface area contributed by atoms with Gasteiger partial charge in [-0.05, 0) is 11.6 Å². The lowest BCUT2D eigenvalue weighted by atomic mass is 10.2. The van der Waals surface area contributed by atoms with Crippen LogP contribution < -0.4 is 10.1 Å². The van der Waals surface area contributed by atoms with Crippen molar-refractivity contribution < 1.29 is 9.66 Å². The van der Waals surface area contributed by atoms with E-state index in [9.17, 15) is 10.1 Å². The summed E-state index contributed by atoms with van der Waals surface area (Å²) in [6.07, 6.45) is 0. The average molecular weight is 314 g/mol. The first-order valence-electron chi connectivity index (χ1n) is 6.42. The van der Waals surface area contributed by atoms with Crippen LogP contribution in [0.4, 0.5) is 5.69 Å². The molecule has 1 aromatic carbocycles. The zero-order chi connectivity index (χ0) is 14.4. The third-order valence-corrected chi connectivity index (χ3v) is 5.87. The normalized spacial score (nSPS) is 18.8. The van der Waals surface area contributed by atoms with Gasteiger partial charge in [-0.15, -0.1) is 0 Å². The van der Waals surface area contributed by atoms with Crippen LogP contribution in [0, 0.1) is 10.1 Å². The van der Waals surface area contributed by atoms with E-state index in [1.54, 1.807) is 12.1 Å². The Morgan fingerprint density at radius 3 is 3.00 bits per heavy atom. The van der Waals surface area contributed by atoms with Crippen LogP contribution in [-0.4, -0.2) is 41.1 Å². The molecular weight excluding hydrogens is 296 g/mol. The van der Waals surface area contributed by atoms with Crippen molar-refractivity contribution in [2.75, 3.05) is 30.9 Å². The van der Waals surface area contributed by atoms with Crippen LogP contribution >= 0.6 is 23.5 Å². The molecule has 1 heterocycles. The minimum absolute atomic E-state index is 0.0226. The van der Waals surface area contributed by atoms with Crippen molar-refractivity contribution >= 4 is 29.2 Å². The first kappa shape index (κ1) is 15.5. The van der Waals surface area contributed by atoms with Gasteiger partial charge in [0.05, 0.1) is 12.0 Å². The molecule has 5 nitrogen and oxygen atoms in total. The van der Waals surface area contributed by atoms with Crippen LogP contribution in [0.1, 0.15) is 5.56 Å². The molecule has 1 atom stereocenters. The first-order valence-corrected chi connectivity index (χ1v) is 8.62.